The van der Waals surface area contributed by atoms with Crippen molar-refractivity contribution in [2.45, 2.75) is 82.4 Å². The highest BCUT2D eigenvalue weighted by Gasteiger charge is 2.46. The van der Waals surface area contributed by atoms with E-state index in [9.17, 15) is 14.4 Å². The molecule has 0 aromatic heterocycles. The highest BCUT2D eigenvalue weighted by molar-refractivity contribution is 6.30. The van der Waals surface area contributed by atoms with E-state index in [4.69, 9.17) is 16.3 Å². The van der Waals surface area contributed by atoms with Crippen molar-refractivity contribution in [3.8, 4) is 0 Å². The zero-order valence-electron chi connectivity index (χ0n) is 19.7. The highest BCUT2D eigenvalue weighted by atomic mass is 35.5. The Morgan fingerprint density at radius 2 is 1.91 bits per heavy atom. The molecule has 2 heterocycles. The summed E-state index contributed by atoms with van der Waals surface area (Å²) < 4.78 is 5.44. The van der Waals surface area contributed by atoms with Gasteiger partial charge < -0.3 is 19.9 Å². The summed E-state index contributed by atoms with van der Waals surface area (Å²) in [4.78, 5) is 41.7. The Morgan fingerprint density at radius 3 is 2.58 bits per heavy atom. The van der Waals surface area contributed by atoms with Gasteiger partial charge in [-0.05, 0) is 77.0 Å². The average molecular weight is 476 g/mol. The van der Waals surface area contributed by atoms with E-state index in [1.807, 2.05) is 43.9 Å². The van der Waals surface area contributed by atoms with Crippen LogP contribution in [0.5, 0.6) is 0 Å². The molecule has 1 aromatic rings. The van der Waals surface area contributed by atoms with Gasteiger partial charge in [0, 0.05) is 29.6 Å². The van der Waals surface area contributed by atoms with Crippen LogP contribution in [0, 0.1) is 0 Å². The summed E-state index contributed by atoms with van der Waals surface area (Å²) >= 11 is 6.31. The average Bonchev–Trinajstić information content (AvgIpc) is 3.25. The van der Waals surface area contributed by atoms with E-state index in [-0.39, 0.29) is 35.9 Å². The smallest absolute Gasteiger partial charge is 0.407 e. The molecule has 3 amide bonds. The topological polar surface area (TPSA) is 79.0 Å². The van der Waals surface area contributed by atoms with Gasteiger partial charge in [0.1, 0.15) is 18.2 Å². The molecule has 180 valence electrons. The first kappa shape index (κ1) is 23.9. The molecule has 0 spiro atoms. The van der Waals surface area contributed by atoms with Crippen LogP contribution >= 0.6 is 11.6 Å². The van der Waals surface area contributed by atoms with Crippen molar-refractivity contribution in [3.63, 3.8) is 0 Å². The Labute approximate surface area is 200 Å². The number of nitrogens with one attached hydrogen (secondary N) is 1. The van der Waals surface area contributed by atoms with E-state index in [0.29, 0.717) is 18.1 Å². The second-order valence-corrected chi connectivity index (χ2v) is 11.0. The van der Waals surface area contributed by atoms with Crippen molar-refractivity contribution in [1.29, 1.82) is 0 Å². The van der Waals surface area contributed by atoms with E-state index in [0.717, 1.165) is 44.1 Å². The number of carbonyl (C=O) groups excluding carboxylic acids is 3. The molecule has 2 saturated heterocycles. The van der Waals surface area contributed by atoms with Crippen LogP contribution in [0.2, 0.25) is 5.02 Å². The van der Waals surface area contributed by atoms with E-state index in [2.05, 4.69) is 11.4 Å². The lowest BCUT2D eigenvalue weighted by molar-refractivity contribution is -0.156. The van der Waals surface area contributed by atoms with E-state index in [1.54, 1.807) is 4.90 Å². The molecule has 7 nitrogen and oxygen atoms in total. The fourth-order valence-electron chi connectivity index (χ4n) is 5.55. The number of fused-ring (bicyclic) bond motifs is 1. The molecule has 0 bridgehead atoms. The standard InChI is InChI=1S/C25H34ClN3O4/c1-24(2,3)33-23(32)27-16-25(17-6-4-7-18(26)14-17)11-9-19(10-12-25)29-15-21(30)28-13-5-8-20(28)22(29)31/h4,6-7,14,19-20H,5,8-13,15-16H2,1-3H3,(H,27,32). The van der Waals surface area contributed by atoms with Gasteiger partial charge in [0.05, 0.1) is 0 Å². The van der Waals surface area contributed by atoms with Crippen LogP contribution in [-0.4, -0.2) is 65.0 Å². The van der Waals surface area contributed by atoms with Gasteiger partial charge >= 0.3 is 6.09 Å². The van der Waals surface area contributed by atoms with Gasteiger partial charge in [0.15, 0.2) is 0 Å². The quantitative estimate of drug-likeness (QED) is 0.716. The molecule has 4 rings (SSSR count). The van der Waals surface area contributed by atoms with Crippen molar-refractivity contribution in [2.75, 3.05) is 19.6 Å². The van der Waals surface area contributed by atoms with E-state index in [1.165, 1.54) is 0 Å². The molecular weight excluding hydrogens is 442 g/mol. The Bertz CT molecular complexity index is 920. The largest absolute Gasteiger partial charge is 0.444 e. The van der Waals surface area contributed by atoms with Crippen molar-refractivity contribution < 1.29 is 19.1 Å². The zero-order chi connectivity index (χ0) is 23.8. The minimum atomic E-state index is -0.569. The maximum atomic E-state index is 13.1. The van der Waals surface area contributed by atoms with E-state index < -0.39 is 11.7 Å². The second kappa shape index (κ2) is 9.16. The Balaban J connectivity index is 1.48. The van der Waals surface area contributed by atoms with Crippen molar-refractivity contribution in [2.24, 2.45) is 0 Å². The lowest BCUT2D eigenvalue weighted by Crippen LogP contribution is -2.61. The van der Waals surface area contributed by atoms with Crippen LogP contribution in [0.25, 0.3) is 0 Å². The van der Waals surface area contributed by atoms with Crippen LogP contribution < -0.4 is 5.32 Å². The minimum absolute atomic E-state index is 0.0398. The number of hydrogen-bond donors (Lipinski definition) is 1. The second-order valence-electron chi connectivity index (χ2n) is 10.6. The lowest BCUT2D eigenvalue weighted by atomic mass is 9.67. The summed E-state index contributed by atoms with van der Waals surface area (Å²) in [6.07, 6.45) is 4.32. The maximum Gasteiger partial charge on any atom is 0.407 e. The number of piperazine rings is 1. The summed E-state index contributed by atoms with van der Waals surface area (Å²) in [5, 5.41) is 3.62. The van der Waals surface area contributed by atoms with E-state index >= 15 is 0 Å². The summed E-state index contributed by atoms with van der Waals surface area (Å²) in [7, 11) is 0. The van der Waals surface area contributed by atoms with Crippen LogP contribution in [0.4, 0.5) is 4.79 Å². The third-order valence-electron chi connectivity index (χ3n) is 7.21. The van der Waals surface area contributed by atoms with Crippen molar-refractivity contribution >= 4 is 29.5 Å². The molecule has 3 fully saturated rings. The number of nitrogens with zero attached hydrogens (tertiary/aromatic N) is 2. The molecule has 2 aliphatic heterocycles. The van der Waals surface area contributed by atoms with Crippen LogP contribution in [0.15, 0.2) is 24.3 Å². The summed E-state index contributed by atoms with van der Waals surface area (Å²) in [5.41, 5.74) is 0.202. The first-order valence-electron chi connectivity index (χ1n) is 11.9. The first-order valence-corrected chi connectivity index (χ1v) is 12.3. The van der Waals surface area contributed by atoms with Gasteiger partial charge in [-0.1, -0.05) is 23.7 Å². The highest BCUT2D eigenvalue weighted by Crippen LogP contribution is 2.42. The van der Waals surface area contributed by atoms with Crippen LogP contribution in [0.1, 0.15) is 64.9 Å². The molecule has 1 N–H and O–H groups in total. The lowest BCUT2D eigenvalue weighted by Gasteiger charge is -2.46. The summed E-state index contributed by atoms with van der Waals surface area (Å²) in [5.74, 6) is 0.162. The molecule has 0 radical (unpaired) electrons. The number of rotatable bonds is 4. The van der Waals surface area contributed by atoms with Gasteiger partial charge in [-0.3, -0.25) is 9.59 Å². The maximum absolute atomic E-state index is 13.1. The molecular formula is C25H34ClN3O4. The Kier molecular flexibility index (Phi) is 6.63. The van der Waals surface area contributed by atoms with Gasteiger partial charge in [-0.25, -0.2) is 4.79 Å². The van der Waals surface area contributed by atoms with Crippen LogP contribution in [-0.2, 0) is 19.7 Å². The van der Waals surface area contributed by atoms with Gasteiger partial charge in [-0.2, -0.15) is 0 Å². The normalized spacial score (nSPS) is 28.0. The molecule has 1 aromatic carbocycles. The molecule has 1 atom stereocenters. The predicted octanol–water partition coefficient (Wildman–Crippen LogP) is 3.88. The third-order valence-corrected chi connectivity index (χ3v) is 7.44. The number of alkyl carbamates (subject to hydrolysis) is 1. The van der Waals surface area contributed by atoms with Gasteiger partial charge in [0.2, 0.25) is 11.8 Å². The molecule has 8 heteroatoms. The third kappa shape index (κ3) is 5.13. The number of halogens is 1. The van der Waals surface area contributed by atoms with Crippen molar-refractivity contribution in [3.05, 3.63) is 34.9 Å². The number of benzene rings is 1. The number of amides is 3. The molecule has 1 unspecified atom stereocenters. The zero-order valence-corrected chi connectivity index (χ0v) is 20.5. The van der Waals surface area contributed by atoms with Gasteiger partial charge in [0.25, 0.3) is 0 Å². The fourth-order valence-corrected chi connectivity index (χ4v) is 5.74. The molecule has 1 aliphatic carbocycles. The number of carbonyl (C=O) groups is 3. The van der Waals surface area contributed by atoms with Crippen molar-refractivity contribution in [1.82, 2.24) is 15.1 Å². The number of ether oxygens (including phenoxy) is 1. The molecule has 3 aliphatic rings. The summed E-state index contributed by atoms with van der Waals surface area (Å²) in [6.45, 7) is 6.83. The monoisotopic (exact) mass is 475 g/mol. The minimum Gasteiger partial charge on any atom is -0.444 e. The van der Waals surface area contributed by atoms with Crippen LogP contribution in [0.3, 0.4) is 0 Å². The van der Waals surface area contributed by atoms with Gasteiger partial charge in [-0.15, -0.1) is 0 Å². The fraction of sp³-hybridized carbons (Fsp3) is 0.640. The molecule has 33 heavy (non-hydrogen) atoms. The Hall–Kier alpha value is -2.28. The predicted molar refractivity (Wildman–Crippen MR) is 126 cm³/mol. The summed E-state index contributed by atoms with van der Waals surface area (Å²) in [6, 6.07) is 7.55. The molecule has 1 saturated carbocycles. The first-order chi connectivity index (χ1) is 15.6. The SMILES string of the molecule is CC(C)(C)OC(=O)NCC1(c2cccc(Cl)c2)CCC(N2CC(=O)N3CCCC3C2=O)CC1. The Morgan fingerprint density at radius 1 is 1.18 bits per heavy atom. The number of hydrogen-bond acceptors (Lipinski definition) is 4.